The lowest BCUT2D eigenvalue weighted by Gasteiger charge is -2.40. The maximum absolute atomic E-state index is 13.5. The summed E-state index contributed by atoms with van der Waals surface area (Å²) in [7, 11) is 0. The number of rotatable bonds is 2. The van der Waals surface area contributed by atoms with Crippen LogP contribution in [0.25, 0.3) is 0 Å². The predicted molar refractivity (Wildman–Crippen MR) is 55.6 cm³/mol. The summed E-state index contributed by atoms with van der Waals surface area (Å²) in [6.45, 7) is 1.35. The van der Waals surface area contributed by atoms with Gasteiger partial charge in [-0.3, -0.25) is 0 Å². The normalized spacial score (nSPS) is 20.8. The molecule has 0 heterocycles. The maximum atomic E-state index is 13.5. The van der Waals surface area contributed by atoms with Crippen LogP contribution in [-0.2, 0) is 5.54 Å². The van der Waals surface area contributed by atoms with Crippen molar-refractivity contribution in [3.05, 3.63) is 35.1 Å². The van der Waals surface area contributed by atoms with Crippen LogP contribution in [-0.4, -0.2) is 0 Å². The highest BCUT2D eigenvalue weighted by Gasteiger charge is 2.37. The average molecular weight is 211 g/mol. The van der Waals surface area contributed by atoms with E-state index in [4.69, 9.17) is 5.73 Å². The van der Waals surface area contributed by atoms with E-state index in [2.05, 4.69) is 0 Å². The molecule has 1 aromatic carbocycles. The number of alkyl halides is 1. The molecule has 0 amide bonds. The van der Waals surface area contributed by atoms with E-state index in [0.717, 1.165) is 19.3 Å². The van der Waals surface area contributed by atoms with Crippen molar-refractivity contribution in [3.8, 4) is 0 Å². The molecule has 15 heavy (non-hydrogen) atoms. The summed E-state index contributed by atoms with van der Waals surface area (Å²) in [4.78, 5) is 0. The van der Waals surface area contributed by atoms with Gasteiger partial charge < -0.3 is 5.73 Å². The van der Waals surface area contributed by atoms with Crippen molar-refractivity contribution in [2.24, 2.45) is 5.73 Å². The molecule has 1 aliphatic rings. The zero-order chi connectivity index (χ0) is 11.1. The second-order valence-corrected chi connectivity index (χ2v) is 4.33. The summed E-state index contributed by atoms with van der Waals surface area (Å²) < 4.78 is 26.8. The van der Waals surface area contributed by atoms with E-state index in [1.54, 1.807) is 12.1 Å². The monoisotopic (exact) mass is 211 g/mol. The summed E-state index contributed by atoms with van der Waals surface area (Å²) in [5.41, 5.74) is 6.38. The van der Waals surface area contributed by atoms with Crippen molar-refractivity contribution in [2.45, 2.75) is 37.9 Å². The number of halogens is 2. The van der Waals surface area contributed by atoms with Gasteiger partial charge in [0.05, 0.1) is 0 Å². The van der Waals surface area contributed by atoms with Crippen LogP contribution in [0.3, 0.4) is 0 Å². The number of nitrogens with two attached hydrogens (primary N) is 1. The van der Waals surface area contributed by atoms with Crippen LogP contribution < -0.4 is 5.73 Å². The SMILES string of the molecule is CC(F)c1c(F)cccc1C1(N)CCC1. The van der Waals surface area contributed by atoms with Crippen LogP contribution in [0.1, 0.15) is 43.5 Å². The molecule has 2 rings (SSSR count). The molecular formula is C12H15F2N. The molecule has 0 saturated heterocycles. The van der Waals surface area contributed by atoms with Gasteiger partial charge in [0.15, 0.2) is 0 Å². The van der Waals surface area contributed by atoms with Crippen LogP contribution >= 0.6 is 0 Å². The summed E-state index contributed by atoms with van der Waals surface area (Å²) >= 11 is 0. The molecule has 3 heteroatoms. The minimum Gasteiger partial charge on any atom is -0.321 e. The molecule has 0 aromatic heterocycles. The molecule has 0 bridgehead atoms. The molecule has 2 N–H and O–H groups in total. The molecule has 1 fully saturated rings. The quantitative estimate of drug-likeness (QED) is 0.798. The Labute approximate surface area is 88.3 Å². The van der Waals surface area contributed by atoms with Crippen LogP contribution in [0.5, 0.6) is 0 Å². The molecule has 1 unspecified atom stereocenters. The molecule has 0 aliphatic heterocycles. The van der Waals surface area contributed by atoms with Gasteiger partial charge in [0.2, 0.25) is 0 Å². The third kappa shape index (κ3) is 1.65. The highest BCUT2D eigenvalue weighted by molar-refractivity contribution is 5.37. The number of benzene rings is 1. The Hall–Kier alpha value is -0.960. The molecule has 82 valence electrons. The second-order valence-electron chi connectivity index (χ2n) is 4.33. The fourth-order valence-corrected chi connectivity index (χ4v) is 2.20. The van der Waals surface area contributed by atoms with Gasteiger partial charge in [-0.1, -0.05) is 12.1 Å². The van der Waals surface area contributed by atoms with Crippen molar-refractivity contribution in [1.82, 2.24) is 0 Å². The summed E-state index contributed by atoms with van der Waals surface area (Å²) in [6.07, 6.45) is 1.36. The first-order chi connectivity index (χ1) is 7.04. The van der Waals surface area contributed by atoms with E-state index in [1.165, 1.54) is 13.0 Å². The summed E-state index contributed by atoms with van der Waals surface area (Å²) in [6, 6.07) is 4.63. The van der Waals surface area contributed by atoms with E-state index in [0.29, 0.717) is 5.56 Å². The van der Waals surface area contributed by atoms with Gasteiger partial charge in [0.25, 0.3) is 0 Å². The third-order valence-electron chi connectivity index (χ3n) is 3.23. The van der Waals surface area contributed by atoms with Crippen LogP contribution in [0.4, 0.5) is 8.78 Å². The molecular weight excluding hydrogens is 196 g/mol. The van der Waals surface area contributed by atoms with Crippen molar-refractivity contribution in [3.63, 3.8) is 0 Å². The molecule has 0 spiro atoms. The standard InChI is InChI=1S/C12H15F2N/c1-8(13)11-9(4-2-5-10(11)14)12(15)6-3-7-12/h2,4-5,8H,3,6-7,15H2,1H3. The largest absolute Gasteiger partial charge is 0.321 e. The Kier molecular flexibility index (Phi) is 2.51. The van der Waals surface area contributed by atoms with Gasteiger partial charge in [0, 0.05) is 11.1 Å². The summed E-state index contributed by atoms with van der Waals surface area (Å²) in [5.74, 6) is -0.487. The van der Waals surface area contributed by atoms with Gasteiger partial charge in [-0.25, -0.2) is 8.78 Å². The van der Waals surface area contributed by atoms with E-state index >= 15 is 0 Å². The van der Waals surface area contributed by atoms with Crippen LogP contribution in [0.15, 0.2) is 18.2 Å². The highest BCUT2D eigenvalue weighted by Crippen LogP contribution is 2.42. The lowest BCUT2D eigenvalue weighted by atomic mass is 9.71. The summed E-state index contributed by atoms with van der Waals surface area (Å²) in [5, 5.41) is 0. The maximum Gasteiger partial charge on any atom is 0.129 e. The zero-order valence-electron chi connectivity index (χ0n) is 8.76. The number of hydrogen-bond donors (Lipinski definition) is 1. The minimum atomic E-state index is -1.30. The Morgan fingerprint density at radius 2 is 2.07 bits per heavy atom. The Morgan fingerprint density at radius 3 is 2.53 bits per heavy atom. The fraction of sp³-hybridized carbons (Fsp3) is 0.500. The van der Waals surface area contributed by atoms with Gasteiger partial charge in [-0.05, 0) is 37.8 Å². The van der Waals surface area contributed by atoms with E-state index < -0.39 is 17.5 Å². The first-order valence-corrected chi connectivity index (χ1v) is 5.26. The van der Waals surface area contributed by atoms with Crippen LogP contribution in [0.2, 0.25) is 0 Å². The van der Waals surface area contributed by atoms with Crippen molar-refractivity contribution < 1.29 is 8.78 Å². The molecule has 1 aromatic rings. The second kappa shape index (κ2) is 3.56. The molecule has 1 aliphatic carbocycles. The van der Waals surface area contributed by atoms with Crippen molar-refractivity contribution in [2.75, 3.05) is 0 Å². The van der Waals surface area contributed by atoms with Gasteiger partial charge in [-0.2, -0.15) is 0 Å². The highest BCUT2D eigenvalue weighted by atomic mass is 19.1. The topological polar surface area (TPSA) is 26.0 Å². The molecule has 0 radical (unpaired) electrons. The fourth-order valence-electron chi connectivity index (χ4n) is 2.20. The smallest absolute Gasteiger partial charge is 0.129 e. The van der Waals surface area contributed by atoms with Crippen LogP contribution in [0, 0.1) is 5.82 Å². The molecule has 1 nitrogen and oxygen atoms in total. The first-order valence-electron chi connectivity index (χ1n) is 5.26. The van der Waals surface area contributed by atoms with Gasteiger partial charge >= 0.3 is 0 Å². The lowest BCUT2D eigenvalue weighted by molar-refractivity contribution is 0.243. The third-order valence-corrected chi connectivity index (χ3v) is 3.23. The van der Waals surface area contributed by atoms with Crippen molar-refractivity contribution in [1.29, 1.82) is 0 Å². The Balaban J connectivity index is 2.50. The van der Waals surface area contributed by atoms with E-state index in [-0.39, 0.29) is 5.56 Å². The van der Waals surface area contributed by atoms with E-state index in [9.17, 15) is 8.78 Å². The average Bonchev–Trinajstić information content (AvgIpc) is 2.13. The zero-order valence-corrected chi connectivity index (χ0v) is 8.76. The Morgan fingerprint density at radius 1 is 1.40 bits per heavy atom. The van der Waals surface area contributed by atoms with E-state index in [1.807, 2.05) is 0 Å². The first kappa shape index (κ1) is 10.6. The molecule has 1 saturated carbocycles. The van der Waals surface area contributed by atoms with Crippen molar-refractivity contribution >= 4 is 0 Å². The lowest BCUT2D eigenvalue weighted by Crippen LogP contribution is -2.44. The van der Waals surface area contributed by atoms with Gasteiger partial charge in [-0.15, -0.1) is 0 Å². The predicted octanol–water partition coefficient (Wildman–Crippen LogP) is 3.19. The number of hydrogen-bond acceptors (Lipinski definition) is 1. The molecule has 1 atom stereocenters. The minimum absolute atomic E-state index is 0.139. The van der Waals surface area contributed by atoms with Gasteiger partial charge in [0.1, 0.15) is 12.0 Å². The Bertz CT molecular complexity index is 370.